The lowest BCUT2D eigenvalue weighted by Crippen LogP contribution is -1.97. The van der Waals surface area contributed by atoms with Gasteiger partial charge in [-0.05, 0) is 76.3 Å². The molecule has 56 heavy (non-hydrogen) atoms. The Bertz CT molecular complexity index is 3240. The van der Waals surface area contributed by atoms with Crippen molar-refractivity contribution in [1.29, 1.82) is 0 Å². The van der Waals surface area contributed by atoms with Crippen molar-refractivity contribution in [2.24, 2.45) is 0 Å². The number of aromatic nitrogens is 3. The summed E-state index contributed by atoms with van der Waals surface area (Å²) in [6.07, 6.45) is 3.65. The van der Waals surface area contributed by atoms with Crippen molar-refractivity contribution in [3.63, 3.8) is 0 Å². The number of hydrogen-bond donors (Lipinski definition) is 0. The van der Waals surface area contributed by atoms with Gasteiger partial charge in [0.1, 0.15) is 22.3 Å². The zero-order valence-electron chi connectivity index (χ0n) is 30.1. The molecular weight excluding hydrogens is 687 g/mol. The van der Waals surface area contributed by atoms with Crippen molar-refractivity contribution in [2.75, 3.05) is 0 Å². The van der Waals surface area contributed by atoms with Gasteiger partial charge in [-0.25, -0.2) is 9.97 Å². The molecule has 0 aliphatic rings. The molecule has 0 N–H and O–H groups in total. The van der Waals surface area contributed by atoms with Crippen LogP contribution < -0.4 is 0 Å². The Morgan fingerprint density at radius 1 is 0.339 bits per heavy atom. The van der Waals surface area contributed by atoms with Crippen LogP contribution in [0.2, 0.25) is 0 Å². The van der Waals surface area contributed by atoms with Crippen LogP contribution in [0.25, 0.3) is 111 Å². The van der Waals surface area contributed by atoms with Gasteiger partial charge in [-0.3, -0.25) is 4.98 Å². The van der Waals surface area contributed by atoms with E-state index in [-0.39, 0.29) is 0 Å². The van der Waals surface area contributed by atoms with Gasteiger partial charge in [-0.15, -0.1) is 0 Å². The van der Waals surface area contributed by atoms with Gasteiger partial charge in [0, 0.05) is 56.2 Å². The van der Waals surface area contributed by atoms with Gasteiger partial charge < -0.3 is 8.83 Å². The summed E-state index contributed by atoms with van der Waals surface area (Å²) in [7, 11) is 0. The Morgan fingerprint density at radius 2 is 0.946 bits per heavy atom. The Hall–Kier alpha value is -7.63. The SMILES string of the molecule is c1ccc(-c2cc(-c3ccccc3-c3ccncc3)nc(-c3ccc(-c4ccc(-c5ccc6c(c5)oc5ccccc56)c5oc6ccccc6c45)cc3)n2)cc1. The van der Waals surface area contributed by atoms with Gasteiger partial charge in [0.2, 0.25) is 0 Å². The average Bonchev–Trinajstić information content (AvgIpc) is 3.85. The zero-order chi connectivity index (χ0) is 37.0. The topological polar surface area (TPSA) is 65.0 Å². The summed E-state index contributed by atoms with van der Waals surface area (Å²) in [5, 5.41) is 4.37. The highest BCUT2D eigenvalue weighted by atomic mass is 16.3. The van der Waals surface area contributed by atoms with Crippen molar-refractivity contribution >= 4 is 43.9 Å². The fourth-order valence-electron chi connectivity index (χ4n) is 7.95. The van der Waals surface area contributed by atoms with E-state index in [0.29, 0.717) is 5.82 Å². The van der Waals surface area contributed by atoms with Crippen LogP contribution in [-0.4, -0.2) is 15.0 Å². The van der Waals surface area contributed by atoms with Crippen molar-refractivity contribution in [2.45, 2.75) is 0 Å². The van der Waals surface area contributed by atoms with E-state index in [1.54, 1.807) is 0 Å². The smallest absolute Gasteiger partial charge is 0.160 e. The number of furan rings is 2. The first kappa shape index (κ1) is 31.9. The van der Waals surface area contributed by atoms with Crippen molar-refractivity contribution in [3.05, 3.63) is 188 Å². The molecule has 0 aliphatic heterocycles. The second-order valence-corrected chi connectivity index (χ2v) is 14.0. The van der Waals surface area contributed by atoms with Crippen LogP contribution in [0, 0.1) is 0 Å². The molecule has 0 unspecified atom stereocenters. The molecular formula is C51H31N3O2. The maximum Gasteiger partial charge on any atom is 0.160 e. The molecule has 4 aromatic heterocycles. The molecule has 4 heterocycles. The largest absolute Gasteiger partial charge is 0.456 e. The maximum atomic E-state index is 6.66. The van der Waals surface area contributed by atoms with Gasteiger partial charge in [0.15, 0.2) is 5.82 Å². The molecule has 0 fully saturated rings. The zero-order valence-corrected chi connectivity index (χ0v) is 30.1. The van der Waals surface area contributed by atoms with Crippen LogP contribution in [0.3, 0.4) is 0 Å². The summed E-state index contributed by atoms with van der Waals surface area (Å²) in [4.78, 5) is 14.6. The van der Waals surface area contributed by atoms with E-state index in [1.807, 2.05) is 73.1 Å². The summed E-state index contributed by atoms with van der Waals surface area (Å²) in [6, 6.07) is 60.6. The van der Waals surface area contributed by atoms with E-state index in [4.69, 9.17) is 18.8 Å². The van der Waals surface area contributed by atoms with Crippen LogP contribution in [0.15, 0.2) is 197 Å². The van der Waals surface area contributed by atoms with Gasteiger partial charge in [-0.1, -0.05) is 127 Å². The second kappa shape index (κ2) is 13.0. The first-order valence-corrected chi connectivity index (χ1v) is 18.7. The van der Waals surface area contributed by atoms with E-state index in [0.717, 1.165) is 105 Å². The number of rotatable bonds is 6. The minimum Gasteiger partial charge on any atom is -0.456 e. The number of pyridine rings is 1. The molecule has 0 spiro atoms. The van der Waals surface area contributed by atoms with Crippen molar-refractivity contribution in [3.8, 4) is 67.3 Å². The van der Waals surface area contributed by atoms with Crippen LogP contribution in [0.1, 0.15) is 0 Å². The normalized spacial score (nSPS) is 11.6. The molecule has 0 amide bonds. The lowest BCUT2D eigenvalue weighted by molar-refractivity contribution is 0.668. The van der Waals surface area contributed by atoms with Gasteiger partial charge in [-0.2, -0.15) is 0 Å². The summed E-state index contributed by atoms with van der Waals surface area (Å²) in [6.45, 7) is 0. The summed E-state index contributed by atoms with van der Waals surface area (Å²) in [5.74, 6) is 0.660. The van der Waals surface area contributed by atoms with Crippen molar-refractivity contribution < 1.29 is 8.83 Å². The first-order valence-electron chi connectivity index (χ1n) is 18.7. The Labute approximate surface area is 322 Å². The molecule has 0 saturated heterocycles. The molecule has 0 radical (unpaired) electrons. The van der Waals surface area contributed by atoms with E-state index >= 15 is 0 Å². The Balaban J connectivity index is 1.03. The van der Waals surface area contributed by atoms with E-state index in [2.05, 4.69) is 120 Å². The van der Waals surface area contributed by atoms with Crippen LogP contribution in [0.5, 0.6) is 0 Å². The lowest BCUT2D eigenvalue weighted by Gasteiger charge is -2.13. The van der Waals surface area contributed by atoms with Crippen LogP contribution >= 0.6 is 0 Å². The molecule has 5 nitrogen and oxygen atoms in total. The molecule has 7 aromatic carbocycles. The number of fused-ring (bicyclic) bond motifs is 6. The lowest BCUT2D eigenvalue weighted by atomic mass is 9.94. The average molecular weight is 718 g/mol. The molecule has 11 rings (SSSR count). The molecule has 0 saturated carbocycles. The summed E-state index contributed by atoms with van der Waals surface area (Å²) >= 11 is 0. The quantitative estimate of drug-likeness (QED) is 0.171. The third kappa shape index (κ3) is 5.37. The van der Waals surface area contributed by atoms with Crippen LogP contribution in [0.4, 0.5) is 0 Å². The first-order chi connectivity index (χ1) is 27.7. The minimum absolute atomic E-state index is 0.660. The third-order valence-corrected chi connectivity index (χ3v) is 10.7. The summed E-state index contributed by atoms with van der Waals surface area (Å²) in [5.41, 5.74) is 14.6. The number of benzene rings is 7. The maximum absolute atomic E-state index is 6.66. The predicted molar refractivity (Wildman–Crippen MR) is 227 cm³/mol. The van der Waals surface area contributed by atoms with Gasteiger partial charge in [0.25, 0.3) is 0 Å². The predicted octanol–water partition coefficient (Wildman–Crippen LogP) is 13.7. The molecule has 11 aromatic rings. The standard InChI is InChI=1S/C51H31N3O2/c1-2-10-34(11-3-1)44-31-45(40-13-5-4-12-37(40)33-26-28-52-29-27-33)54-51(53-44)35-20-18-32(19-21-35)38-24-25-39(50-49(38)43-15-7-9-17-47(43)56-50)36-22-23-42-41-14-6-8-16-46(41)55-48(42)30-36/h1-31H. The summed E-state index contributed by atoms with van der Waals surface area (Å²) < 4.78 is 12.9. The van der Waals surface area contributed by atoms with E-state index in [1.165, 1.54) is 0 Å². The van der Waals surface area contributed by atoms with Gasteiger partial charge >= 0.3 is 0 Å². The molecule has 0 atom stereocenters. The van der Waals surface area contributed by atoms with Crippen molar-refractivity contribution in [1.82, 2.24) is 15.0 Å². The monoisotopic (exact) mass is 717 g/mol. The molecule has 0 bridgehead atoms. The highest BCUT2D eigenvalue weighted by molar-refractivity contribution is 6.17. The van der Waals surface area contributed by atoms with E-state index < -0.39 is 0 Å². The number of para-hydroxylation sites is 2. The Kier molecular flexibility index (Phi) is 7.42. The fraction of sp³-hybridized carbons (Fsp3) is 0. The fourth-order valence-corrected chi connectivity index (χ4v) is 7.95. The molecule has 262 valence electrons. The highest BCUT2D eigenvalue weighted by Gasteiger charge is 2.19. The minimum atomic E-state index is 0.660. The van der Waals surface area contributed by atoms with E-state index in [9.17, 15) is 0 Å². The Morgan fingerprint density at radius 3 is 1.77 bits per heavy atom. The highest BCUT2D eigenvalue weighted by Crippen LogP contribution is 2.43. The third-order valence-electron chi connectivity index (χ3n) is 10.7. The number of nitrogens with zero attached hydrogens (tertiary/aromatic N) is 3. The molecule has 0 aliphatic carbocycles. The molecule has 5 heteroatoms. The van der Waals surface area contributed by atoms with Gasteiger partial charge in [0.05, 0.1) is 11.4 Å². The van der Waals surface area contributed by atoms with Crippen LogP contribution in [-0.2, 0) is 0 Å². The second-order valence-electron chi connectivity index (χ2n) is 14.0. The number of hydrogen-bond acceptors (Lipinski definition) is 5.